The minimum atomic E-state index is -0.257. The van der Waals surface area contributed by atoms with E-state index in [0.29, 0.717) is 29.7 Å². The molecular formula is C20H18N4O3. The molecule has 0 fully saturated rings. The van der Waals surface area contributed by atoms with Crippen molar-refractivity contribution in [2.45, 2.75) is 13.5 Å². The lowest BCUT2D eigenvalue weighted by atomic mass is 10.1. The molecule has 7 nitrogen and oxygen atoms in total. The maximum atomic E-state index is 12.4. The second kappa shape index (κ2) is 7.33. The van der Waals surface area contributed by atoms with Crippen LogP contribution in [0.1, 0.15) is 21.6 Å². The summed E-state index contributed by atoms with van der Waals surface area (Å²) in [6, 6.07) is 15.0. The van der Waals surface area contributed by atoms with Crippen LogP contribution in [0.4, 0.5) is 11.6 Å². The fraction of sp³-hybridized carbons (Fsp3) is 0.150. The Hall–Kier alpha value is -3.61. The molecule has 2 heterocycles. The molecule has 1 aliphatic heterocycles. The van der Waals surface area contributed by atoms with Crippen LogP contribution < -0.4 is 20.1 Å². The minimum Gasteiger partial charge on any atom is -0.454 e. The van der Waals surface area contributed by atoms with Crippen LogP contribution in [0.5, 0.6) is 11.5 Å². The van der Waals surface area contributed by atoms with Gasteiger partial charge in [0.1, 0.15) is 5.69 Å². The van der Waals surface area contributed by atoms with Crippen LogP contribution in [-0.4, -0.2) is 22.7 Å². The summed E-state index contributed by atoms with van der Waals surface area (Å²) in [6.45, 7) is 2.67. The molecule has 0 saturated carbocycles. The molecule has 0 radical (unpaired) electrons. The summed E-state index contributed by atoms with van der Waals surface area (Å²) in [7, 11) is 0. The maximum absolute atomic E-state index is 12.4. The van der Waals surface area contributed by atoms with Gasteiger partial charge >= 0.3 is 0 Å². The molecule has 1 aliphatic rings. The molecule has 2 N–H and O–H groups in total. The number of fused-ring (bicyclic) bond motifs is 1. The molecule has 1 aromatic heterocycles. The Morgan fingerprint density at radius 3 is 2.89 bits per heavy atom. The number of hydrogen-bond acceptors (Lipinski definition) is 6. The number of rotatable bonds is 5. The summed E-state index contributed by atoms with van der Waals surface area (Å²) >= 11 is 0. The van der Waals surface area contributed by atoms with E-state index in [2.05, 4.69) is 20.6 Å². The van der Waals surface area contributed by atoms with Crippen molar-refractivity contribution >= 4 is 17.5 Å². The standard InChI is InChI=1S/C20H18N4O3/c1-13-3-2-4-14(9-13)11-22-19(25)16-7-8-21-20(24-16)23-15-5-6-17-18(10-15)27-12-26-17/h2-10H,11-12H2,1H3,(H,22,25)(H,21,23,24). The molecule has 4 rings (SSSR count). The molecule has 0 aliphatic carbocycles. The third-order valence-electron chi connectivity index (χ3n) is 4.05. The van der Waals surface area contributed by atoms with E-state index >= 15 is 0 Å². The maximum Gasteiger partial charge on any atom is 0.270 e. The highest BCUT2D eigenvalue weighted by Crippen LogP contribution is 2.34. The van der Waals surface area contributed by atoms with Crippen molar-refractivity contribution in [3.05, 3.63) is 71.5 Å². The molecule has 3 aromatic rings. The van der Waals surface area contributed by atoms with Gasteiger partial charge < -0.3 is 20.1 Å². The number of aromatic nitrogens is 2. The van der Waals surface area contributed by atoms with Gasteiger partial charge in [-0.25, -0.2) is 9.97 Å². The first-order valence-corrected chi connectivity index (χ1v) is 8.51. The first-order chi connectivity index (χ1) is 13.2. The SMILES string of the molecule is Cc1cccc(CNC(=O)c2ccnc(Nc3ccc4c(c3)OCO4)n2)c1. The number of ether oxygens (including phenoxy) is 2. The van der Waals surface area contributed by atoms with Crippen LogP contribution in [0.2, 0.25) is 0 Å². The third-order valence-corrected chi connectivity index (χ3v) is 4.05. The Bertz CT molecular complexity index is 990. The number of nitrogens with one attached hydrogen (secondary N) is 2. The molecule has 136 valence electrons. The summed E-state index contributed by atoms with van der Waals surface area (Å²) < 4.78 is 10.6. The molecule has 0 unspecified atom stereocenters. The van der Waals surface area contributed by atoms with Gasteiger partial charge in [-0.3, -0.25) is 4.79 Å². The van der Waals surface area contributed by atoms with Crippen LogP contribution in [0.25, 0.3) is 0 Å². The van der Waals surface area contributed by atoms with E-state index in [0.717, 1.165) is 16.8 Å². The molecular weight excluding hydrogens is 344 g/mol. The number of aryl methyl sites for hydroxylation is 1. The molecule has 0 spiro atoms. The Morgan fingerprint density at radius 1 is 1.11 bits per heavy atom. The van der Waals surface area contributed by atoms with E-state index < -0.39 is 0 Å². The predicted octanol–water partition coefficient (Wildman–Crippen LogP) is 3.19. The van der Waals surface area contributed by atoms with E-state index in [4.69, 9.17) is 9.47 Å². The monoisotopic (exact) mass is 362 g/mol. The number of carbonyl (C=O) groups excluding carboxylic acids is 1. The molecule has 0 saturated heterocycles. The zero-order valence-electron chi connectivity index (χ0n) is 14.7. The molecule has 2 aromatic carbocycles. The topological polar surface area (TPSA) is 85.4 Å². The van der Waals surface area contributed by atoms with E-state index in [-0.39, 0.29) is 12.7 Å². The fourth-order valence-electron chi connectivity index (χ4n) is 2.74. The highest BCUT2D eigenvalue weighted by atomic mass is 16.7. The number of carbonyl (C=O) groups is 1. The van der Waals surface area contributed by atoms with Crippen LogP contribution in [0.15, 0.2) is 54.7 Å². The number of benzene rings is 2. The Balaban J connectivity index is 1.43. The van der Waals surface area contributed by atoms with Crippen molar-refractivity contribution in [1.82, 2.24) is 15.3 Å². The van der Waals surface area contributed by atoms with Crippen LogP contribution >= 0.6 is 0 Å². The van der Waals surface area contributed by atoms with Gasteiger partial charge in [0.2, 0.25) is 12.7 Å². The first-order valence-electron chi connectivity index (χ1n) is 8.51. The van der Waals surface area contributed by atoms with Crippen LogP contribution in [-0.2, 0) is 6.54 Å². The highest BCUT2D eigenvalue weighted by Gasteiger charge is 2.14. The number of nitrogens with zero attached hydrogens (tertiary/aromatic N) is 2. The van der Waals surface area contributed by atoms with Gasteiger partial charge in [-0.1, -0.05) is 29.8 Å². The van der Waals surface area contributed by atoms with Crippen LogP contribution in [0, 0.1) is 6.92 Å². The van der Waals surface area contributed by atoms with Crippen molar-refractivity contribution in [1.29, 1.82) is 0 Å². The summed E-state index contributed by atoms with van der Waals surface area (Å²) in [5, 5.41) is 5.95. The highest BCUT2D eigenvalue weighted by molar-refractivity contribution is 5.92. The van der Waals surface area contributed by atoms with Crippen molar-refractivity contribution in [2.24, 2.45) is 0 Å². The van der Waals surface area contributed by atoms with E-state index in [1.165, 1.54) is 0 Å². The second-order valence-corrected chi connectivity index (χ2v) is 6.13. The summed E-state index contributed by atoms with van der Waals surface area (Å²) in [6.07, 6.45) is 1.55. The van der Waals surface area contributed by atoms with Gasteiger partial charge in [-0.2, -0.15) is 0 Å². The third kappa shape index (κ3) is 3.98. The Labute approximate surface area is 156 Å². The lowest BCUT2D eigenvalue weighted by Gasteiger charge is -2.08. The number of anilines is 2. The average molecular weight is 362 g/mol. The normalized spacial score (nSPS) is 11.9. The minimum absolute atomic E-state index is 0.214. The molecule has 27 heavy (non-hydrogen) atoms. The predicted molar refractivity (Wildman–Crippen MR) is 100 cm³/mol. The smallest absolute Gasteiger partial charge is 0.270 e. The van der Waals surface area contributed by atoms with E-state index in [9.17, 15) is 4.79 Å². The van der Waals surface area contributed by atoms with E-state index in [1.54, 1.807) is 18.3 Å². The van der Waals surface area contributed by atoms with Gasteiger partial charge in [0, 0.05) is 24.5 Å². The van der Waals surface area contributed by atoms with Gasteiger partial charge in [0.05, 0.1) is 0 Å². The molecule has 0 atom stereocenters. The van der Waals surface area contributed by atoms with Crippen LogP contribution in [0.3, 0.4) is 0 Å². The molecule has 1 amide bonds. The van der Waals surface area contributed by atoms with Gasteiger partial charge in [0.25, 0.3) is 5.91 Å². The van der Waals surface area contributed by atoms with Gasteiger partial charge in [-0.15, -0.1) is 0 Å². The second-order valence-electron chi connectivity index (χ2n) is 6.13. The Morgan fingerprint density at radius 2 is 2.00 bits per heavy atom. The Kier molecular flexibility index (Phi) is 4.57. The first kappa shape index (κ1) is 16.8. The van der Waals surface area contributed by atoms with Gasteiger partial charge in [0.15, 0.2) is 11.5 Å². The lowest BCUT2D eigenvalue weighted by molar-refractivity contribution is 0.0946. The quantitative estimate of drug-likeness (QED) is 0.725. The lowest BCUT2D eigenvalue weighted by Crippen LogP contribution is -2.24. The van der Waals surface area contributed by atoms with Gasteiger partial charge in [-0.05, 0) is 30.7 Å². The fourth-order valence-corrected chi connectivity index (χ4v) is 2.74. The number of amides is 1. The van der Waals surface area contributed by atoms with Crippen molar-refractivity contribution in [2.75, 3.05) is 12.1 Å². The zero-order chi connectivity index (χ0) is 18.6. The zero-order valence-corrected chi connectivity index (χ0v) is 14.7. The van der Waals surface area contributed by atoms with Crippen molar-refractivity contribution in [3.63, 3.8) is 0 Å². The van der Waals surface area contributed by atoms with Crippen molar-refractivity contribution < 1.29 is 14.3 Å². The van der Waals surface area contributed by atoms with Crippen molar-refractivity contribution in [3.8, 4) is 11.5 Å². The summed E-state index contributed by atoms with van der Waals surface area (Å²) in [5.41, 5.74) is 3.23. The molecule has 7 heteroatoms. The number of hydrogen-bond donors (Lipinski definition) is 2. The largest absolute Gasteiger partial charge is 0.454 e. The van der Waals surface area contributed by atoms with E-state index in [1.807, 2.05) is 43.3 Å². The summed E-state index contributed by atoms with van der Waals surface area (Å²) in [4.78, 5) is 20.8. The summed E-state index contributed by atoms with van der Waals surface area (Å²) in [5.74, 6) is 1.43. The average Bonchev–Trinajstić information content (AvgIpc) is 3.14. The molecule has 0 bridgehead atoms.